The lowest BCUT2D eigenvalue weighted by atomic mass is 10.1. The maximum Gasteiger partial charge on any atom is 0.153 e. The SMILES string of the molecule is C/C=C/c1cc(C=O)c(F)cc1Cl. The Balaban J connectivity index is 3.29. The van der Waals surface area contributed by atoms with Crippen LogP contribution in [0.3, 0.4) is 0 Å². The molecule has 0 fully saturated rings. The number of hydrogen-bond donors (Lipinski definition) is 0. The highest BCUT2D eigenvalue weighted by Crippen LogP contribution is 2.21. The molecular formula is C10H8ClFO. The quantitative estimate of drug-likeness (QED) is 0.667. The Bertz CT molecular complexity index is 358. The average molecular weight is 199 g/mol. The summed E-state index contributed by atoms with van der Waals surface area (Å²) in [4.78, 5) is 10.4. The normalized spacial score (nSPS) is 10.7. The summed E-state index contributed by atoms with van der Waals surface area (Å²) in [5.41, 5.74) is 0.671. The highest BCUT2D eigenvalue weighted by atomic mass is 35.5. The fraction of sp³-hybridized carbons (Fsp3) is 0.100. The zero-order valence-electron chi connectivity index (χ0n) is 7.05. The molecule has 0 amide bonds. The lowest BCUT2D eigenvalue weighted by Crippen LogP contribution is -1.89. The van der Waals surface area contributed by atoms with Crippen molar-refractivity contribution in [2.75, 3.05) is 0 Å². The van der Waals surface area contributed by atoms with Gasteiger partial charge < -0.3 is 0 Å². The third-order valence-corrected chi connectivity index (χ3v) is 1.92. The van der Waals surface area contributed by atoms with Crippen LogP contribution in [0.25, 0.3) is 6.08 Å². The minimum Gasteiger partial charge on any atom is -0.298 e. The second-order valence-corrected chi connectivity index (χ2v) is 2.92. The Hall–Kier alpha value is -1.15. The van der Waals surface area contributed by atoms with Crippen LogP contribution >= 0.6 is 11.6 Å². The van der Waals surface area contributed by atoms with Gasteiger partial charge in [0.05, 0.1) is 10.6 Å². The molecule has 68 valence electrons. The molecule has 0 aliphatic heterocycles. The third kappa shape index (κ3) is 2.16. The predicted octanol–water partition coefficient (Wildman–Crippen LogP) is 3.32. The van der Waals surface area contributed by atoms with Crippen molar-refractivity contribution in [1.82, 2.24) is 0 Å². The number of halogens is 2. The zero-order chi connectivity index (χ0) is 9.84. The summed E-state index contributed by atoms with van der Waals surface area (Å²) in [6.07, 6.45) is 3.96. The van der Waals surface area contributed by atoms with Crippen molar-refractivity contribution in [3.8, 4) is 0 Å². The molecule has 0 aliphatic rings. The molecule has 0 heterocycles. The smallest absolute Gasteiger partial charge is 0.153 e. The summed E-state index contributed by atoms with van der Waals surface area (Å²) in [7, 11) is 0. The van der Waals surface area contributed by atoms with Gasteiger partial charge in [-0.15, -0.1) is 0 Å². The molecule has 1 rings (SSSR count). The molecule has 0 aromatic heterocycles. The first-order valence-electron chi connectivity index (χ1n) is 3.76. The van der Waals surface area contributed by atoms with Gasteiger partial charge in [-0.2, -0.15) is 0 Å². The van der Waals surface area contributed by atoms with Gasteiger partial charge in [0.25, 0.3) is 0 Å². The molecular weight excluding hydrogens is 191 g/mol. The number of aldehydes is 1. The molecule has 13 heavy (non-hydrogen) atoms. The number of rotatable bonds is 2. The second-order valence-electron chi connectivity index (χ2n) is 2.51. The molecule has 0 saturated carbocycles. The number of carbonyl (C=O) groups excluding carboxylic acids is 1. The van der Waals surface area contributed by atoms with Gasteiger partial charge in [-0.3, -0.25) is 4.79 Å². The Labute approximate surface area is 80.8 Å². The van der Waals surface area contributed by atoms with E-state index in [0.717, 1.165) is 6.07 Å². The average Bonchev–Trinajstić information content (AvgIpc) is 2.10. The van der Waals surface area contributed by atoms with E-state index in [1.807, 2.05) is 6.92 Å². The molecule has 0 N–H and O–H groups in total. The lowest BCUT2D eigenvalue weighted by Gasteiger charge is -2.00. The molecule has 0 atom stereocenters. The second kappa shape index (κ2) is 4.19. The van der Waals surface area contributed by atoms with Gasteiger partial charge in [0.1, 0.15) is 5.82 Å². The van der Waals surface area contributed by atoms with Crippen LogP contribution in [-0.2, 0) is 0 Å². The summed E-state index contributed by atoms with van der Waals surface area (Å²) in [6, 6.07) is 2.56. The highest BCUT2D eigenvalue weighted by molar-refractivity contribution is 6.32. The van der Waals surface area contributed by atoms with Crippen molar-refractivity contribution < 1.29 is 9.18 Å². The van der Waals surface area contributed by atoms with E-state index in [-0.39, 0.29) is 5.56 Å². The van der Waals surface area contributed by atoms with Crippen LogP contribution in [0.4, 0.5) is 4.39 Å². The van der Waals surface area contributed by atoms with Crippen molar-refractivity contribution in [3.05, 3.63) is 40.2 Å². The Morgan fingerprint density at radius 1 is 1.38 bits per heavy atom. The topological polar surface area (TPSA) is 17.1 Å². The van der Waals surface area contributed by atoms with Crippen molar-refractivity contribution in [2.24, 2.45) is 0 Å². The van der Waals surface area contributed by atoms with Gasteiger partial charge in [-0.1, -0.05) is 23.8 Å². The molecule has 1 aromatic rings. The number of hydrogen-bond acceptors (Lipinski definition) is 1. The molecule has 0 saturated heterocycles. The largest absolute Gasteiger partial charge is 0.298 e. The minimum absolute atomic E-state index is 0.0255. The van der Waals surface area contributed by atoms with Crippen LogP contribution in [0.5, 0.6) is 0 Å². The first-order valence-corrected chi connectivity index (χ1v) is 4.13. The Morgan fingerprint density at radius 2 is 2.08 bits per heavy atom. The molecule has 0 radical (unpaired) electrons. The van der Waals surface area contributed by atoms with E-state index in [9.17, 15) is 9.18 Å². The van der Waals surface area contributed by atoms with Gasteiger partial charge in [-0.05, 0) is 24.6 Å². The van der Waals surface area contributed by atoms with E-state index >= 15 is 0 Å². The number of carbonyl (C=O) groups is 1. The van der Waals surface area contributed by atoms with E-state index in [0.29, 0.717) is 16.9 Å². The summed E-state index contributed by atoms with van der Waals surface area (Å²) in [5, 5.41) is 0.307. The molecule has 0 aliphatic carbocycles. The van der Waals surface area contributed by atoms with Crippen LogP contribution in [0.15, 0.2) is 18.2 Å². The van der Waals surface area contributed by atoms with E-state index in [1.54, 1.807) is 12.2 Å². The Morgan fingerprint density at radius 3 is 2.62 bits per heavy atom. The van der Waals surface area contributed by atoms with Gasteiger partial charge in [0, 0.05) is 0 Å². The van der Waals surface area contributed by atoms with Crippen molar-refractivity contribution in [2.45, 2.75) is 6.92 Å². The fourth-order valence-electron chi connectivity index (χ4n) is 0.981. The first kappa shape index (κ1) is 9.93. The van der Waals surface area contributed by atoms with Crippen LogP contribution in [0, 0.1) is 5.82 Å². The van der Waals surface area contributed by atoms with Crippen LogP contribution in [-0.4, -0.2) is 6.29 Å². The summed E-state index contributed by atoms with van der Waals surface area (Å²) < 4.78 is 12.9. The molecule has 1 nitrogen and oxygen atoms in total. The van der Waals surface area contributed by atoms with Crippen molar-refractivity contribution in [1.29, 1.82) is 0 Å². The fourth-order valence-corrected chi connectivity index (χ4v) is 1.19. The van der Waals surface area contributed by atoms with Crippen LogP contribution in [0.1, 0.15) is 22.8 Å². The number of benzene rings is 1. The van der Waals surface area contributed by atoms with Crippen molar-refractivity contribution in [3.63, 3.8) is 0 Å². The zero-order valence-corrected chi connectivity index (χ0v) is 7.81. The van der Waals surface area contributed by atoms with E-state index in [1.165, 1.54) is 6.07 Å². The monoisotopic (exact) mass is 198 g/mol. The third-order valence-electron chi connectivity index (χ3n) is 1.59. The lowest BCUT2D eigenvalue weighted by molar-refractivity contribution is 0.112. The minimum atomic E-state index is -0.590. The number of allylic oxidation sites excluding steroid dienone is 1. The molecule has 0 spiro atoms. The molecule has 1 aromatic carbocycles. The van der Waals surface area contributed by atoms with Crippen molar-refractivity contribution >= 4 is 24.0 Å². The summed E-state index contributed by atoms with van der Waals surface area (Å²) in [5.74, 6) is -0.590. The molecule has 3 heteroatoms. The maximum atomic E-state index is 12.9. The van der Waals surface area contributed by atoms with Gasteiger partial charge in [0.15, 0.2) is 6.29 Å². The highest BCUT2D eigenvalue weighted by Gasteiger charge is 2.05. The molecule has 0 bridgehead atoms. The van der Waals surface area contributed by atoms with E-state index < -0.39 is 5.82 Å². The standard InChI is InChI=1S/C10H8ClFO/c1-2-3-7-4-8(6-13)10(12)5-9(7)11/h2-6H,1H3/b3-2+. The first-order chi connectivity index (χ1) is 6.19. The van der Waals surface area contributed by atoms with Crippen LogP contribution < -0.4 is 0 Å². The summed E-state index contributed by atoms with van der Waals surface area (Å²) >= 11 is 5.73. The molecule has 0 unspecified atom stereocenters. The van der Waals surface area contributed by atoms with Gasteiger partial charge in [0.2, 0.25) is 0 Å². The predicted molar refractivity (Wildman–Crippen MR) is 51.5 cm³/mol. The van der Waals surface area contributed by atoms with E-state index in [2.05, 4.69) is 0 Å². The Kier molecular flexibility index (Phi) is 3.20. The summed E-state index contributed by atoms with van der Waals surface area (Å²) in [6.45, 7) is 1.82. The maximum absolute atomic E-state index is 12.9. The van der Waals surface area contributed by atoms with Gasteiger partial charge >= 0.3 is 0 Å². The van der Waals surface area contributed by atoms with E-state index in [4.69, 9.17) is 11.6 Å². The van der Waals surface area contributed by atoms with Crippen LogP contribution in [0.2, 0.25) is 5.02 Å². The van der Waals surface area contributed by atoms with Gasteiger partial charge in [-0.25, -0.2) is 4.39 Å².